The van der Waals surface area contributed by atoms with Crippen LogP contribution in [-0.4, -0.2) is 85.2 Å². The molecule has 3 rings (SSSR count). The van der Waals surface area contributed by atoms with E-state index in [1.54, 1.807) is 20.1 Å². The summed E-state index contributed by atoms with van der Waals surface area (Å²) in [6.45, 7) is 6.45. The molecule has 9 nitrogen and oxygen atoms in total. The lowest BCUT2D eigenvalue weighted by molar-refractivity contribution is -0.119. The van der Waals surface area contributed by atoms with Gasteiger partial charge in [0.15, 0.2) is 5.82 Å². The largest absolute Gasteiger partial charge is 0.497 e. The number of rotatable bonds is 10. The Bertz CT molecular complexity index is 881. The highest BCUT2D eigenvalue weighted by atomic mass is 32.2. The quantitative estimate of drug-likeness (QED) is 0.552. The molecule has 10 heteroatoms. The van der Waals surface area contributed by atoms with Gasteiger partial charge in [0, 0.05) is 38.8 Å². The summed E-state index contributed by atoms with van der Waals surface area (Å²) in [5, 5.41) is 9.53. The summed E-state index contributed by atoms with van der Waals surface area (Å²) in [6, 6.07) is 9.30. The van der Waals surface area contributed by atoms with Gasteiger partial charge in [-0.3, -0.25) is 14.5 Å². The van der Waals surface area contributed by atoms with Crippen LogP contribution in [0.3, 0.4) is 0 Å². The zero-order valence-electron chi connectivity index (χ0n) is 18.8. The minimum atomic E-state index is -0.222. The molecular weight excluding hydrogens is 430 g/mol. The van der Waals surface area contributed by atoms with Gasteiger partial charge in [-0.15, -0.1) is 11.8 Å². The number of thioether (sulfide) groups is 1. The Morgan fingerprint density at radius 3 is 2.47 bits per heavy atom. The van der Waals surface area contributed by atoms with E-state index >= 15 is 0 Å². The molecule has 2 aromatic rings. The van der Waals surface area contributed by atoms with Crippen LogP contribution in [0.4, 0.5) is 5.82 Å². The van der Waals surface area contributed by atoms with E-state index in [9.17, 15) is 9.59 Å². The molecule has 0 saturated carbocycles. The van der Waals surface area contributed by atoms with Crippen molar-refractivity contribution < 1.29 is 18.8 Å². The Balaban J connectivity index is 1.51. The monoisotopic (exact) mass is 461 g/mol. The second-order valence-electron chi connectivity index (χ2n) is 7.86. The molecule has 2 heterocycles. The van der Waals surface area contributed by atoms with Crippen molar-refractivity contribution in [3.63, 3.8) is 0 Å². The summed E-state index contributed by atoms with van der Waals surface area (Å²) in [5.41, 5.74) is 1.03. The standard InChI is InChI=1S/C22H31N5O4S/c1-16-12-20(25-31-16)24-22(29)15-32-14-21(28)23-19(13-27-10-8-26(2)9-11-27)17-4-6-18(30-3)7-5-17/h4-7,12,19H,8-11,13-15H2,1-3H3,(H,23,28)(H,24,25,29)/t19-/m0/s1. The van der Waals surface area contributed by atoms with Gasteiger partial charge in [0.2, 0.25) is 11.8 Å². The number of methoxy groups -OCH3 is 1. The van der Waals surface area contributed by atoms with Crippen LogP contribution >= 0.6 is 11.8 Å². The van der Waals surface area contributed by atoms with E-state index in [-0.39, 0.29) is 29.4 Å². The Morgan fingerprint density at radius 2 is 1.84 bits per heavy atom. The smallest absolute Gasteiger partial charge is 0.235 e. The molecule has 1 aromatic carbocycles. The molecule has 174 valence electrons. The number of ether oxygens (including phenoxy) is 1. The molecular formula is C22H31N5O4S. The summed E-state index contributed by atoms with van der Waals surface area (Å²) < 4.78 is 10.2. The summed E-state index contributed by atoms with van der Waals surface area (Å²) in [5.74, 6) is 1.81. The number of amides is 2. The predicted molar refractivity (Wildman–Crippen MR) is 125 cm³/mol. The van der Waals surface area contributed by atoms with Crippen LogP contribution in [0, 0.1) is 6.92 Å². The van der Waals surface area contributed by atoms with Gasteiger partial charge < -0.3 is 24.8 Å². The van der Waals surface area contributed by atoms with Crippen LogP contribution in [-0.2, 0) is 9.59 Å². The van der Waals surface area contributed by atoms with E-state index in [4.69, 9.17) is 9.26 Å². The number of hydrogen-bond donors (Lipinski definition) is 2. The molecule has 1 saturated heterocycles. The molecule has 0 aliphatic carbocycles. The third-order valence-corrected chi connectivity index (χ3v) is 6.18. The molecule has 0 spiro atoms. The molecule has 2 amide bonds. The van der Waals surface area contributed by atoms with E-state index in [0.29, 0.717) is 11.6 Å². The topological polar surface area (TPSA) is 99.9 Å². The maximum Gasteiger partial charge on any atom is 0.235 e. The van der Waals surface area contributed by atoms with Crippen molar-refractivity contribution in [2.75, 3.05) is 63.7 Å². The number of aromatic nitrogens is 1. The van der Waals surface area contributed by atoms with E-state index in [2.05, 4.69) is 32.6 Å². The third kappa shape index (κ3) is 7.54. The number of carbonyl (C=O) groups excluding carboxylic acids is 2. The number of nitrogens with one attached hydrogen (secondary N) is 2. The molecule has 1 aromatic heterocycles. The molecule has 1 fully saturated rings. The Labute approximate surface area is 192 Å². The van der Waals surface area contributed by atoms with Gasteiger partial charge in [0.05, 0.1) is 24.7 Å². The fourth-order valence-electron chi connectivity index (χ4n) is 3.44. The summed E-state index contributed by atoms with van der Waals surface area (Å²) >= 11 is 1.26. The van der Waals surface area contributed by atoms with Gasteiger partial charge in [-0.05, 0) is 31.7 Å². The van der Waals surface area contributed by atoms with Crippen LogP contribution < -0.4 is 15.4 Å². The number of piperazine rings is 1. The van der Waals surface area contributed by atoms with Crippen molar-refractivity contribution in [1.29, 1.82) is 0 Å². The van der Waals surface area contributed by atoms with Crippen molar-refractivity contribution in [2.24, 2.45) is 0 Å². The average molecular weight is 462 g/mol. The molecule has 2 N–H and O–H groups in total. The molecule has 0 unspecified atom stereocenters. The molecule has 1 atom stereocenters. The molecule has 1 aliphatic heterocycles. The van der Waals surface area contributed by atoms with Gasteiger partial charge in [-0.25, -0.2) is 0 Å². The first kappa shape index (κ1) is 24.1. The minimum Gasteiger partial charge on any atom is -0.497 e. The van der Waals surface area contributed by atoms with Crippen LogP contribution in [0.1, 0.15) is 17.4 Å². The first-order valence-electron chi connectivity index (χ1n) is 10.6. The van der Waals surface area contributed by atoms with Gasteiger partial charge in [0.1, 0.15) is 11.5 Å². The molecule has 32 heavy (non-hydrogen) atoms. The fourth-order valence-corrected chi connectivity index (χ4v) is 4.06. The van der Waals surface area contributed by atoms with Crippen molar-refractivity contribution >= 4 is 29.4 Å². The number of hydrogen-bond acceptors (Lipinski definition) is 8. The molecule has 1 aliphatic rings. The normalized spacial score (nSPS) is 15.8. The lowest BCUT2D eigenvalue weighted by atomic mass is 10.1. The second kappa shape index (κ2) is 11.9. The highest BCUT2D eigenvalue weighted by molar-refractivity contribution is 8.00. The lowest BCUT2D eigenvalue weighted by Crippen LogP contribution is -2.48. The van der Waals surface area contributed by atoms with Crippen molar-refractivity contribution in [3.8, 4) is 5.75 Å². The maximum atomic E-state index is 12.6. The van der Waals surface area contributed by atoms with Gasteiger partial charge >= 0.3 is 0 Å². The fraction of sp³-hybridized carbons (Fsp3) is 0.500. The van der Waals surface area contributed by atoms with Gasteiger partial charge in [-0.1, -0.05) is 17.3 Å². The number of carbonyl (C=O) groups is 2. The highest BCUT2D eigenvalue weighted by Gasteiger charge is 2.21. The zero-order chi connectivity index (χ0) is 22.9. The number of benzene rings is 1. The summed E-state index contributed by atoms with van der Waals surface area (Å²) in [7, 11) is 3.76. The van der Waals surface area contributed by atoms with Crippen LogP contribution in [0.15, 0.2) is 34.9 Å². The van der Waals surface area contributed by atoms with E-state index < -0.39 is 0 Å². The van der Waals surface area contributed by atoms with Gasteiger partial charge in [0.25, 0.3) is 0 Å². The number of anilines is 1. The molecule has 0 radical (unpaired) electrons. The highest BCUT2D eigenvalue weighted by Crippen LogP contribution is 2.20. The summed E-state index contributed by atoms with van der Waals surface area (Å²) in [4.78, 5) is 29.3. The Kier molecular flexibility index (Phi) is 8.95. The molecule has 0 bridgehead atoms. The van der Waals surface area contributed by atoms with E-state index in [1.165, 1.54) is 11.8 Å². The summed E-state index contributed by atoms with van der Waals surface area (Å²) in [6.07, 6.45) is 0. The average Bonchev–Trinajstić information content (AvgIpc) is 3.19. The number of aryl methyl sites for hydroxylation is 1. The Hall–Kier alpha value is -2.56. The van der Waals surface area contributed by atoms with Gasteiger partial charge in [-0.2, -0.15) is 0 Å². The van der Waals surface area contributed by atoms with E-state index in [1.807, 2.05) is 24.3 Å². The third-order valence-electron chi connectivity index (χ3n) is 5.25. The first-order valence-corrected chi connectivity index (χ1v) is 11.7. The zero-order valence-corrected chi connectivity index (χ0v) is 19.6. The SMILES string of the molecule is COc1ccc([C@H](CN2CCN(C)CC2)NC(=O)CSCC(=O)Nc2cc(C)on2)cc1. The lowest BCUT2D eigenvalue weighted by Gasteiger charge is -2.35. The van der Waals surface area contributed by atoms with Crippen LogP contribution in [0.5, 0.6) is 5.75 Å². The minimum absolute atomic E-state index is 0.102. The van der Waals surface area contributed by atoms with Crippen molar-refractivity contribution in [3.05, 3.63) is 41.7 Å². The van der Waals surface area contributed by atoms with Crippen molar-refractivity contribution in [1.82, 2.24) is 20.3 Å². The maximum absolute atomic E-state index is 12.6. The number of nitrogens with zero attached hydrogens (tertiary/aromatic N) is 3. The van der Waals surface area contributed by atoms with Crippen LogP contribution in [0.25, 0.3) is 0 Å². The van der Waals surface area contributed by atoms with Crippen molar-refractivity contribution in [2.45, 2.75) is 13.0 Å². The first-order chi connectivity index (χ1) is 15.4. The second-order valence-corrected chi connectivity index (χ2v) is 8.85. The van der Waals surface area contributed by atoms with Crippen LogP contribution in [0.2, 0.25) is 0 Å². The van der Waals surface area contributed by atoms with E-state index in [0.717, 1.165) is 44.0 Å². The number of likely N-dealkylation sites (N-methyl/N-ethyl adjacent to an activating group) is 1. The Morgan fingerprint density at radius 1 is 1.16 bits per heavy atom. The predicted octanol–water partition coefficient (Wildman–Crippen LogP) is 1.77.